The molecule has 1 fully saturated rings. The predicted molar refractivity (Wildman–Crippen MR) is 66.5 cm³/mol. The molecule has 0 bridgehead atoms. The third kappa shape index (κ3) is 1.78. The molecule has 3 rings (SSSR count). The van der Waals surface area contributed by atoms with Crippen molar-refractivity contribution in [3.8, 4) is 0 Å². The zero-order chi connectivity index (χ0) is 12.7. The number of para-hydroxylation sites is 1. The monoisotopic (exact) mass is 245 g/mol. The zero-order valence-electron chi connectivity index (χ0n) is 10.2. The van der Waals surface area contributed by atoms with Crippen molar-refractivity contribution in [3.05, 3.63) is 29.7 Å². The molecule has 1 aromatic heterocycles. The van der Waals surface area contributed by atoms with Gasteiger partial charge in [-0.05, 0) is 37.8 Å². The van der Waals surface area contributed by atoms with Crippen LogP contribution < -0.4 is 0 Å². The summed E-state index contributed by atoms with van der Waals surface area (Å²) in [5.41, 5.74) is 2.78. The van der Waals surface area contributed by atoms with E-state index < -0.39 is 5.97 Å². The van der Waals surface area contributed by atoms with Crippen LogP contribution in [-0.4, -0.2) is 16.1 Å². The Balaban J connectivity index is 1.92. The molecule has 1 aliphatic carbocycles. The molecular formula is C14H15NO3. The number of carboxylic acids is 1. The van der Waals surface area contributed by atoms with Gasteiger partial charge in [-0.1, -0.05) is 12.1 Å². The maximum absolute atomic E-state index is 11.0. The third-order valence-electron chi connectivity index (χ3n) is 3.77. The lowest BCUT2D eigenvalue weighted by molar-refractivity contribution is -0.141. The van der Waals surface area contributed by atoms with E-state index in [0.717, 1.165) is 29.5 Å². The van der Waals surface area contributed by atoms with Gasteiger partial charge < -0.3 is 9.52 Å². The average Bonchev–Trinajstić information content (AvgIpc) is 2.95. The number of aliphatic carboxylic acids is 1. The standard InChI is InChI=1S/C14H15NO3/c1-8-3-2-4-11-12(8)15-13(18-11)9-5-6-10(7-9)14(16)17/h2-4,9-10H,5-7H2,1H3,(H,16,17). The number of rotatable bonds is 2. The van der Waals surface area contributed by atoms with Crippen LogP contribution in [0.3, 0.4) is 0 Å². The van der Waals surface area contributed by atoms with Gasteiger partial charge in [0.2, 0.25) is 0 Å². The second-order valence-corrected chi connectivity index (χ2v) is 5.02. The van der Waals surface area contributed by atoms with Gasteiger partial charge in [0, 0.05) is 5.92 Å². The summed E-state index contributed by atoms with van der Waals surface area (Å²) < 4.78 is 5.76. The van der Waals surface area contributed by atoms with Gasteiger partial charge in [0.25, 0.3) is 0 Å². The van der Waals surface area contributed by atoms with Crippen LogP contribution in [0.1, 0.15) is 36.6 Å². The van der Waals surface area contributed by atoms with Gasteiger partial charge in [0.15, 0.2) is 11.5 Å². The Labute approximate surface area is 105 Å². The summed E-state index contributed by atoms with van der Waals surface area (Å²) in [7, 11) is 0. The highest BCUT2D eigenvalue weighted by molar-refractivity contribution is 5.76. The molecule has 1 aromatic carbocycles. The maximum Gasteiger partial charge on any atom is 0.306 e. The van der Waals surface area contributed by atoms with Gasteiger partial charge >= 0.3 is 5.97 Å². The molecule has 18 heavy (non-hydrogen) atoms. The second-order valence-electron chi connectivity index (χ2n) is 5.02. The molecule has 1 aliphatic rings. The van der Waals surface area contributed by atoms with Crippen molar-refractivity contribution in [3.63, 3.8) is 0 Å². The molecule has 2 atom stereocenters. The Morgan fingerprint density at radius 2 is 2.28 bits per heavy atom. The van der Waals surface area contributed by atoms with Gasteiger partial charge in [0.1, 0.15) is 5.52 Å². The van der Waals surface area contributed by atoms with Crippen LogP contribution in [0.5, 0.6) is 0 Å². The molecule has 4 heteroatoms. The largest absolute Gasteiger partial charge is 0.481 e. The van der Waals surface area contributed by atoms with Gasteiger partial charge in [0.05, 0.1) is 5.92 Å². The molecule has 0 aliphatic heterocycles. The van der Waals surface area contributed by atoms with Gasteiger partial charge in [-0.15, -0.1) is 0 Å². The number of oxazole rings is 1. The zero-order valence-corrected chi connectivity index (χ0v) is 10.2. The number of benzene rings is 1. The first-order valence-corrected chi connectivity index (χ1v) is 6.24. The minimum absolute atomic E-state index is 0.151. The van der Waals surface area contributed by atoms with E-state index in [0.29, 0.717) is 12.3 Å². The molecule has 1 heterocycles. The highest BCUT2D eigenvalue weighted by atomic mass is 16.4. The fraction of sp³-hybridized carbons (Fsp3) is 0.429. The number of hydrogen-bond acceptors (Lipinski definition) is 3. The number of aryl methyl sites for hydroxylation is 1. The minimum Gasteiger partial charge on any atom is -0.481 e. The van der Waals surface area contributed by atoms with Crippen LogP contribution >= 0.6 is 0 Å². The third-order valence-corrected chi connectivity index (χ3v) is 3.77. The highest BCUT2D eigenvalue weighted by Crippen LogP contribution is 2.39. The van der Waals surface area contributed by atoms with Gasteiger partial charge in [-0.2, -0.15) is 0 Å². The lowest BCUT2D eigenvalue weighted by Gasteiger charge is -2.03. The molecule has 1 saturated carbocycles. The molecule has 0 amide bonds. The molecule has 2 aromatic rings. The smallest absolute Gasteiger partial charge is 0.306 e. The first-order valence-electron chi connectivity index (χ1n) is 6.24. The van der Waals surface area contributed by atoms with Gasteiger partial charge in [-0.3, -0.25) is 4.79 Å². The van der Waals surface area contributed by atoms with E-state index in [2.05, 4.69) is 4.98 Å². The van der Waals surface area contributed by atoms with Crippen molar-refractivity contribution < 1.29 is 14.3 Å². The van der Waals surface area contributed by atoms with E-state index >= 15 is 0 Å². The molecule has 0 spiro atoms. The van der Waals surface area contributed by atoms with E-state index in [1.807, 2.05) is 25.1 Å². The predicted octanol–water partition coefficient (Wildman–Crippen LogP) is 3.10. The van der Waals surface area contributed by atoms with Crippen LogP contribution in [0.25, 0.3) is 11.1 Å². The number of carbonyl (C=O) groups is 1. The fourth-order valence-electron chi connectivity index (χ4n) is 2.71. The first-order chi connectivity index (χ1) is 8.65. The highest BCUT2D eigenvalue weighted by Gasteiger charge is 2.33. The SMILES string of the molecule is Cc1cccc2oc(C3CCC(C(=O)O)C3)nc12. The Kier molecular flexibility index (Phi) is 2.58. The molecule has 4 nitrogen and oxygen atoms in total. The van der Waals surface area contributed by atoms with Crippen LogP contribution in [0, 0.1) is 12.8 Å². The molecule has 94 valence electrons. The molecule has 2 unspecified atom stereocenters. The summed E-state index contributed by atoms with van der Waals surface area (Å²) >= 11 is 0. The lowest BCUT2D eigenvalue weighted by atomic mass is 10.1. The number of nitrogens with zero attached hydrogens (tertiary/aromatic N) is 1. The van der Waals surface area contributed by atoms with E-state index in [1.165, 1.54) is 0 Å². The topological polar surface area (TPSA) is 63.3 Å². The maximum atomic E-state index is 11.0. The number of hydrogen-bond donors (Lipinski definition) is 1. The molecule has 0 radical (unpaired) electrons. The Morgan fingerprint density at radius 3 is 2.94 bits per heavy atom. The Bertz CT molecular complexity index is 602. The summed E-state index contributed by atoms with van der Waals surface area (Å²) in [4.78, 5) is 15.5. The molecule has 1 N–H and O–H groups in total. The van der Waals surface area contributed by atoms with Crippen molar-refractivity contribution in [2.45, 2.75) is 32.1 Å². The number of carboxylic acid groups (broad SMARTS) is 1. The number of fused-ring (bicyclic) bond motifs is 1. The first kappa shape index (κ1) is 11.3. The van der Waals surface area contributed by atoms with Crippen molar-refractivity contribution in [1.29, 1.82) is 0 Å². The Hall–Kier alpha value is -1.84. The summed E-state index contributed by atoms with van der Waals surface area (Å²) in [6.45, 7) is 2.00. The second kappa shape index (κ2) is 4.12. The van der Waals surface area contributed by atoms with Crippen molar-refractivity contribution in [2.75, 3.05) is 0 Å². The molecular weight excluding hydrogens is 230 g/mol. The lowest BCUT2D eigenvalue weighted by Crippen LogP contribution is -2.09. The van der Waals surface area contributed by atoms with Crippen molar-refractivity contribution in [1.82, 2.24) is 4.98 Å². The minimum atomic E-state index is -0.704. The molecule has 0 saturated heterocycles. The van der Waals surface area contributed by atoms with Crippen molar-refractivity contribution in [2.24, 2.45) is 5.92 Å². The van der Waals surface area contributed by atoms with E-state index in [-0.39, 0.29) is 11.8 Å². The summed E-state index contributed by atoms with van der Waals surface area (Å²) in [6.07, 6.45) is 2.21. The van der Waals surface area contributed by atoms with E-state index in [9.17, 15) is 4.79 Å². The Morgan fingerprint density at radius 1 is 1.44 bits per heavy atom. The summed E-state index contributed by atoms with van der Waals surface area (Å²) in [6, 6.07) is 5.85. The average molecular weight is 245 g/mol. The van der Waals surface area contributed by atoms with Gasteiger partial charge in [-0.25, -0.2) is 4.98 Å². The van der Waals surface area contributed by atoms with E-state index in [4.69, 9.17) is 9.52 Å². The normalized spacial score (nSPS) is 23.6. The van der Waals surface area contributed by atoms with E-state index in [1.54, 1.807) is 0 Å². The fourth-order valence-corrected chi connectivity index (χ4v) is 2.71. The van der Waals surface area contributed by atoms with Crippen LogP contribution in [0.4, 0.5) is 0 Å². The van der Waals surface area contributed by atoms with Crippen LogP contribution in [0.2, 0.25) is 0 Å². The summed E-state index contributed by atoms with van der Waals surface area (Å²) in [5.74, 6) is -0.100. The van der Waals surface area contributed by atoms with Crippen LogP contribution in [0.15, 0.2) is 22.6 Å². The van der Waals surface area contributed by atoms with Crippen molar-refractivity contribution >= 4 is 17.1 Å². The van der Waals surface area contributed by atoms with Crippen LogP contribution in [-0.2, 0) is 4.79 Å². The number of aromatic nitrogens is 1. The quantitative estimate of drug-likeness (QED) is 0.883. The summed E-state index contributed by atoms with van der Waals surface area (Å²) in [5, 5.41) is 9.01.